The molecule has 3 aromatic rings. The second-order valence-electron chi connectivity index (χ2n) is 6.91. The molecule has 1 heterocycles. The van der Waals surface area contributed by atoms with Crippen molar-refractivity contribution in [3.05, 3.63) is 100 Å². The van der Waals surface area contributed by atoms with E-state index in [0.717, 1.165) is 16.8 Å². The predicted octanol–water partition coefficient (Wildman–Crippen LogP) is 5.10. The van der Waals surface area contributed by atoms with Gasteiger partial charge >= 0.3 is 0 Å². The van der Waals surface area contributed by atoms with E-state index in [1.165, 1.54) is 0 Å². The highest BCUT2D eigenvalue weighted by Crippen LogP contribution is 2.29. The maximum absolute atomic E-state index is 12.8. The summed E-state index contributed by atoms with van der Waals surface area (Å²) in [5, 5.41) is 7.86. The average molecular weight is 471 g/mol. The third-order valence-electron chi connectivity index (χ3n) is 4.92. The van der Waals surface area contributed by atoms with Crippen molar-refractivity contribution < 1.29 is 4.21 Å². The summed E-state index contributed by atoms with van der Waals surface area (Å²) in [5.74, 6) is 0.461. The maximum Gasteiger partial charge on any atom is 0.226 e. The summed E-state index contributed by atoms with van der Waals surface area (Å²) < 4.78 is 15.8. The zero-order chi connectivity index (χ0) is 21.8. The van der Waals surface area contributed by atoms with Crippen LogP contribution in [0.25, 0.3) is 0 Å². The van der Waals surface area contributed by atoms with E-state index in [1.807, 2.05) is 42.5 Å². The quantitative estimate of drug-likeness (QED) is 0.426. The lowest BCUT2D eigenvalue weighted by Crippen LogP contribution is -2.38. The Balaban J connectivity index is 1.63. The lowest BCUT2D eigenvalue weighted by molar-refractivity contribution is 0.464. The molecule has 0 fully saturated rings. The van der Waals surface area contributed by atoms with Gasteiger partial charge in [-0.25, -0.2) is 9.22 Å². The van der Waals surface area contributed by atoms with Crippen LogP contribution in [0.4, 0.5) is 0 Å². The fourth-order valence-corrected chi connectivity index (χ4v) is 4.49. The molecule has 1 aliphatic rings. The number of halogens is 2. The van der Waals surface area contributed by atoms with Crippen LogP contribution >= 0.6 is 23.2 Å². The van der Waals surface area contributed by atoms with Crippen molar-refractivity contribution >= 4 is 45.9 Å². The Morgan fingerprint density at radius 3 is 2.23 bits per heavy atom. The molecule has 1 aliphatic heterocycles. The summed E-state index contributed by atoms with van der Waals surface area (Å²) in [6.07, 6.45) is 0. The molecule has 0 aliphatic carbocycles. The minimum atomic E-state index is -1.50. The topological polar surface area (TPSA) is 57.1 Å². The van der Waals surface area contributed by atoms with Gasteiger partial charge in [-0.05, 0) is 47.5 Å². The summed E-state index contributed by atoms with van der Waals surface area (Å²) in [5.41, 5.74) is 3.03. The van der Waals surface area contributed by atoms with Crippen LogP contribution in [-0.4, -0.2) is 34.5 Å². The average Bonchev–Trinajstić information content (AvgIpc) is 3.24. The van der Waals surface area contributed by atoms with Crippen LogP contribution in [0, 0.1) is 0 Å². The number of hydrogen-bond donors (Lipinski definition) is 1. The molecule has 1 N–H and O–H groups in total. The van der Waals surface area contributed by atoms with E-state index in [1.54, 1.807) is 36.3 Å². The SMILES string of the molecule is CN=C(NS(=O)c1ccc(Cl)cc1)N1CC(c2ccccc2)C(c2ccc(Cl)cc2)=N1. The first kappa shape index (κ1) is 21.6. The molecule has 0 saturated carbocycles. The zero-order valence-corrected chi connectivity index (χ0v) is 19.0. The van der Waals surface area contributed by atoms with Crippen LogP contribution in [0.5, 0.6) is 0 Å². The molecule has 0 saturated heterocycles. The van der Waals surface area contributed by atoms with Gasteiger partial charge in [-0.1, -0.05) is 65.7 Å². The Morgan fingerprint density at radius 1 is 1.00 bits per heavy atom. The number of rotatable bonds is 4. The van der Waals surface area contributed by atoms with Gasteiger partial charge in [0.2, 0.25) is 5.96 Å². The lowest BCUT2D eigenvalue weighted by Gasteiger charge is -2.18. The smallest absolute Gasteiger partial charge is 0.226 e. The van der Waals surface area contributed by atoms with Crippen molar-refractivity contribution in [1.82, 2.24) is 9.73 Å². The summed E-state index contributed by atoms with van der Waals surface area (Å²) in [7, 11) is 0.148. The Hall–Kier alpha value is -2.67. The second kappa shape index (κ2) is 9.64. The molecule has 0 aromatic heterocycles. The Labute approximate surface area is 194 Å². The third kappa shape index (κ3) is 4.98. The van der Waals surface area contributed by atoms with E-state index < -0.39 is 11.0 Å². The number of hydrogen-bond acceptors (Lipinski definition) is 3. The summed E-state index contributed by atoms with van der Waals surface area (Å²) in [6.45, 7) is 0.569. The number of guanidine groups is 1. The maximum atomic E-state index is 12.8. The first-order valence-electron chi connectivity index (χ1n) is 9.63. The van der Waals surface area contributed by atoms with Crippen LogP contribution in [0.15, 0.2) is 93.9 Å². The van der Waals surface area contributed by atoms with Gasteiger partial charge in [0, 0.05) is 23.0 Å². The molecular formula is C23H20Cl2N4OS. The van der Waals surface area contributed by atoms with Crippen molar-refractivity contribution in [2.75, 3.05) is 13.6 Å². The standard InChI is InChI=1S/C23H20Cl2N4OS/c1-26-23(28-31(30)20-13-11-19(25)12-14-20)29-15-21(16-5-3-2-4-6-16)22(27-29)17-7-9-18(24)10-8-17/h2-14,21H,15H2,1H3,(H,26,28). The molecule has 8 heteroatoms. The number of hydrazone groups is 1. The highest BCUT2D eigenvalue weighted by molar-refractivity contribution is 7.83. The fourth-order valence-electron chi connectivity index (χ4n) is 3.38. The van der Waals surface area contributed by atoms with Gasteiger partial charge in [0.05, 0.1) is 17.2 Å². The van der Waals surface area contributed by atoms with Gasteiger partial charge in [-0.3, -0.25) is 9.71 Å². The van der Waals surface area contributed by atoms with Gasteiger partial charge in [0.15, 0.2) is 11.0 Å². The van der Waals surface area contributed by atoms with Crippen LogP contribution in [0.2, 0.25) is 10.0 Å². The third-order valence-corrected chi connectivity index (χ3v) is 6.50. The Bertz CT molecular complexity index is 1130. The molecule has 5 nitrogen and oxygen atoms in total. The van der Waals surface area contributed by atoms with Gasteiger partial charge in [-0.15, -0.1) is 0 Å². The molecule has 2 atom stereocenters. The minimum Gasteiger partial charge on any atom is -0.270 e. The second-order valence-corrected chi connectivity index (χ2v) is 9.00. The first-order valence-corrected chi connectivity index (χ1v) is 11.5. The molecule has 31 heavy (non-hydrogen) atoms. The largest absolute Gasteiger partial charge is 0.270 e. The Kier molecular flexibility index (Phi) is 6.70. The van der Waals surface area contributed by atoms with E-state index >= 15 is 0 Å². The van der Waals surface area contributed by atoms with Gasteiger partial charge in [-0.2, -0.15) is 5.10 Å². The molecule has 0 radical (unpaired) electrons. The molecule has 2 unspecified atom stereocenters. The van der Waals surface area contributed by atoms with Crippen LogP contribution in [-0.2, 0) is 11.0 Å². The van der Waals surface area contributed by atoms with Gasteiger partial charge < -0.3 is 0 Å². The molecular weight excluding hydrogens is 451 g/mol. The zero-order valence-electron chi connectivity index (χ0n) is 16.7. The molecule has 0 amide bonds. The minimum absolute atomic E-state index is 0.0323. The Morgan fingerprint density at radius 2 is 1.61 bits per heavy atom. The van der Waals surface area contributed by atoms with Crippen LogP contribution in [0.1, 0.15) is 17.0 Å². The number of nitrogens with one attached hydrogen (secondary N) is 1. The van der Waals surface area contributed by atoms with Crippen molar-refractivity contribution in [2.45, 2.75) is 10.8 Å². The fraction of sp³-hybridized carbons (Fsp3) is 0.130. The number of nitrogens with zero attached hydrogens (tertiary/aromatic N) is 3. The highest BCUT2D eigenvalue weighted by Gasteiger charge is 2.31. The predicted molar refractivity (Wildman–Crippen MR) is 128 cm³/mol. The molecule has 4 rings (SSSR count). The number of aliphatic imine (C=N–C) groups is 1. The van der Waals surface area contributed by atoms with Gasteiger partial charge in [0.25, 0.3) is 0 Å². The van der Waals surface area contributed by atoms with Gasteiger partial charge in [0.1, 0.15) is 0 Å². The molecule has 0 spiro atoms. The van der Waals surface area contributed by atoms with Crippen LogP contribution < -0.4 is 4.72 Å². The van der Waals surface area contributed by atoms with E-state index in [9.17, 15) is 4.21 Å². The molecule has 158 valence electrons. The number of benzene rings is 3. The molecule has 0 bridgehead atoms. The van der Waals surface area contributed by atoms with E-state index in [-0.39, 0.29) is 5.92 Å². The van der Waals surface area contributed by atoms with Crippen molar-refractivity contribution in [3.8, 4) is 0 Å². The monoisotopic (exact) mass is 470 g/mol. The van der Waals surface area contributed by atoms with Crippen molar-refractivity contribution in [3.63, 3.8) is 0 Å². The normalized spacial score (nSPS) is 17.4. The van der Waals surface area contributed by atoms with E-state index in [0.29, 0.717) is 27.4 Å². The van der Waals surface area contributed by atoms with E-state index in [4.69, 9.17) is 28.3 Å². The highest BCUT2D eigenvalue weighted by atomic mass is 35.5. The van der Waals surface area contributed by atoms with Crippen molar-refractivity contribution in [2.24, 2.45) is 10.1 Å². The summed E-state index contributed by atoms with van der Waals surface area (Å²) >= 11 is 12.0. The van der Waals surface area contributed by atoms with Crippen molar-refractivity contribution in [1.29, 1.82) is 0 Å². The molecule has 3 aromatic carbocycles. The van der Waals surface area contributed by atoms with E-state index in [2.05, 4.69) is 21.8 Å². The van der Waals surface area contributed by atoms with Crippen LogP contribution in [0.3, 0.4) is 0 Å². The first-order chi connectivity index (χ1) is 15.0. The summed E-state index contributed by atoms with van der Waals surface area (Å²) in [6, 6.07) is 24.7. The lowest BCUT2D eigenvalue weighted by atomic mass is 9.91. The summed E-state index contributed by atoms with van der Waals surface area (Å²) in [4.78, 5) is 4.91.